The highest BCUT2D eigenvalue weighted by Crippen LogP contribution is 2.25. The van der Waals surface area contributed by atoms with Gasteiger partial charge in [0.1, 0.15) is 0 Å². The van der Waals surface area contributed by atoms with Crippen molar-refractivity contribution in [3.63, 3.8) is 0 Å². The summed E-state index contributed by atoms with van der Waals surface area (Å²) in [6, 6.07) is 15.8. The Bertz CT molecular complexity index is 547. The fourth-order valence-electron chi connectivity index (χ4n) is 2.64. The van der Waals surface area contributed by atoms with Gasteiger partial charge in [0.05, 0.1) is 11.4 Å². The fourth-order valence-corrected chi connectivity index (χ4v) is 2.64. The van der Waals surface area contributed by atoms with E-state index in [0.717, 1.165) is 37.3 Å². The maximum Gasteiger partial charge on any atom is 0.0666 e. The Morgan fingerprint density at radius 2 is 1.05 bits per heavy atom. The minimum atomic E-state index is 0.735. The number of para-hydroxylation sites is 2. The standard InChI is InChI=1S/2C8H9NO/c2*10-9-6-5-7-3-1-2-4-8(7)9/h2*1-4,10H,5-6H2. The van der Waals surface area contributed by atoms with E-state index < -0.39 is 0 Å². The van der Waals surface area contributed by atoms with Crippen LogP contribution in [0.25, 0.3) is 0 Å². The van der Waals surface area contributed by atoms with Gasteiger partial charge in [-0.25, -0.2) is 0 Å². The summed E-state index contributed by atoms with van der Waals surface area (Å²) >= 11 is 0. The van der Waals surface area contributed by atoms with Crippen LogP contribution in [0.3, 0.4) is 0 Å². The van der Waals surface area contributed by atoms with Gasteiger partial charge >= 0.3 is 0 Å². The molecule has 104 valence electrons. The minimum Gasteiger partial charge on any atom is -0.288 e. The molecule has 4 heteroatoms. The van der Waals surface area contributed by atoms with Crippen LogP contribution in [0.2, 0.25) is 0 Å². The van der Waals surface area contributed by atoms with Crippen molar-refractivity contribution in [3.05, 3.63) is 59.7 Å². The topological polar surface area (TPSA) is 46.9 Å². The lowest BCUT2D eigenvalue weighted by molar-refractivity contribution is 0.264. The maximum atomic E-state index is 9.21. The number of fused-ring (bicyclic) bond motifs is 2. The van der Waals surface area contributed by atoms with E-state index in [2.05, 4.69) is 0 Å². The van der Waals surface area contributed by atoms with Crippen molar-refractivity contribution in [2.24, 2.45) is 0 Å². The SMILES string of the molecule is ON1CCc2ccccc21.ON1CCc2ccccc21. The molecule has 2 aromatic rings. The molecule has 0 aliphatic carbocycles. The van der Waals surface area contributed by atoms with Crippen molar-refractivity contribution in [3.8, 4) is 0 Å². The normalized spacial score (nSPS) is 15.5. The van der Waals surface area contributed by atoms with Crippen LogP contribution in [-0.4, -0.2) is 23.5 Å². The van der Waals surface area contributed by atoms with Crippen LogP contribution >= 0.6 is 0 Å². The zero-order valence-electron chi connectivity index (χ0n) is 11.2. The van der Waals surface area contributed by atoms with E-state index in [9.17, 15) is 10.4 Å². The van der Waals surface area contributed by atoms with Gasteiger partial charge in [0.15, 0.2) is 0 Å². The number of hydrogen-bond acceptors (Lipinski definition) is 4. The molecular formula is C16H18N2O2. The van der Waals surface area contributed by atoms with Crippen molar-refractivity contribution in [2.75, 3.05) is 23.2 Å². The number of anilines is 2. The zero-order chi connectivity index (χ0) is 13.9. The molecule has 20 heavy (non-hydrogen) atoms. The highest BCUT2D eigenvalue weighted by atomic mass is 16.5. The quantitative estimate of drug-likeness (QED) is 0.772. The molecule has 0 unspecified atom stereocenters. The lowest BCUT2D eigenvalue weighted by Crippen LogP contribution is -2.13. The summed E-state index contributed by atoms with van der Waals surface area (Å²) in [6.45, 7) is 1.47. The summed E-state index contributed by atoms with van der Waals surface area (Å²) in [6.07, 6.45) is 1.93. The van der Waals surface area contributed by atoms with Crippen molar-refractivity contribution in [1.82, 2.24) is 0 Å². The van der Waals surface area contributed by atoms with Gasteiger partial charge in [0.2, 0.25) is 0 Å². The van der Waals surface area contributed by atoms with Crippen LogP contribution in [0.1, 0.15) is 11.1 Å². The summed E-state index contributed by atoms with van der Waals surface area (Å²) in [7, 11) is 0. The highest BCUT2D eigenvalue weighted by Gasteiger charge is 2.15. The number of rotatable bonds is 0. The molecule has 2 aliphatic heterocycles. The predicted octanol–water partition coefficient (Wildman–Crippen LogP) is 2.88. The minimum absolute atomic E-state index is 0.735. The van der Waals surface area contributed by atoms with Gasteiger partial charge in [-0.05, 0) is 36.1 Å². The van der Waals surface area contributed by atoms with Crippen molar-refractivity contribution >= 4 is 11.4 Å². The van der Waals surface area contributed by atoms with Crippen LogP contribution in [-0.2, 0) is 12.8 Å². The number of benzene rings is 2. The van der Waals surface area contributed by atoms with Crippen LogP contribution in [0.5, 0.6) is 0 Å². The second kappa shape index (κ2) is 5.53. The number of nitrogens with zero attached hydrogens (tertiary/aromatic N) is 2. The van der Waals surface area contributed by atoms with Gasteiger partial charge in [-0.2, -0.15) is 0 Å². The smallest absolute Gasteiger partial charge is 0.0666 e. The molecule has 0 bridgehead atoms. The molecule has 0 saturated heterocycles. The molecule has 0 fully saturated rings. The largest absolute Gasteiger partial charge is 0.288 e. The molecule has 2 aromatic carbocycles. The molecule has 0 amide bonds. The van der Waals surface area contributed by atoms with Gasteiger partial charge < -0.3 is 0 Å². The first kappa shape index (κ1) is 13.0. The van der Waals surface area contributed by atoms with Crippen LogP contribution in [0.15, 0.2) is 48.5 Å². The van der Waals surface area contributed by atoms with Gasteiger partial charge in [-0.3, -0.25) is 20.5 Å². The van der Waals surface area contributed by atoms with E-state index in [-0.39, 0.29) is 0 Å². The lowest BCUT2D eigenvalue weighted by Gasteiger charge is -2.07. The molecule has 0 spiro atoms. The third-order valence-corrected chi connectivity index (χ3v) is 3.73. The van der Waals surface area contributed by atoms with Gasteiger partial charge in [-0.1, -0.05) is 36.4 Å². The maximum absolute atomic E-state index is 9.21. The van der Waals surface area contributed by atoms with Crippen molar-refractivity contribution < 1.29 is 10.4 Å². The van der Waals surface area contributed by atoms with E-state index in [1.165, 1.54) is 21.3 Å². The molecule has 0 aromatic heterocycles. The van der Waals surface area contributed by atoms with E-state index in [0.29, 0.717) is 0 Å². The molecule has 2 N–H and O–H groups in total. The Hall–Kier alpha value is -2.04. The summed E-state index contributed by atoms with van der Waals surface area (Å²) < 4.78 is 0. The molecule has 4 rings (SSSR count). The van der Waals surface area contributed by atoms with Gasteiger partial charge in [-0.15, -0.1) is 0 Å². The van der Waals surface area contributed by atoms with Crippen molar-refractivity contribution in [1.29, 1.82) is 0 Å². The molecular weight excluding hydrogens is 252 g/mol. The number of hydrogen-bond donors (Lipinski definition) is 2. The Morgan fingerprint density at radius 3 is 1.45 bits per heavy atom. The summed E-state index contributed by atoms with van der Waals surface area (Å²) in [4.78, 5) is 0. The zero-order valence-corrected chi connectivity index (χ0v) is 11.2. The van der Waals surface area contributed by atoms with Gasteiger partial charge in [0, 0.05) is 13.1 Å². The number of hydroxylamine groups is 2. The molecule has 0 atom stereocenters. The van der Waals surface area contributed by atoms with E-state index in [4.69, 9.17) is 0 Å². The average Bonchev–Trinajstić information content (AvgIpc) is 3.05. The molecule has 0 saturated carbocycles. The van der Waals surface area contributed by atoms with E-state index in [1.54, 1.807) is 0 Å². The predicted molar refractivity (Wildman–Crippen MR) is 78.6 cm³/mol. The first-order chi connectivity index (χ1) is 9.75. The first-order valence-electron chi connectivity index (χ1n) is 6.84. The summed E-state index contributed by atoms with van der Waals surface area (Å²) in [5.74, 6) is 0. The Morgan fingerprint density at radius 1 is 0.650 bits per heavy atom. The van der Waals surface area contributed by atoms with Crippen LogP contribution < -0.4 is 10.1 Å². The van der Waals surface area contributed by atoms with E-state index >= 15 is 0 Å². The van der Waals surface area contributed by atoms with Gasteiger partial charge in [0.25, 0.3) is 0 Å². The molecule has 2 heterocycles. The summed E-state index contributed by atoms with van der Waals surface area (Å²) in [5.41, 5.74) is 4.40. The lowest BCUT2D eigenvalue weighted by atomic mass is 10.2. The second-order valence-electron chi connectivity index (χ2n) is 5.00. The highest BCUT2D eigenvalue weighted by molar-refractivity contribution is 5.55. The van der Waals surface area contributed by atoms with Crippen molar-refractivity contribution in [2.45, 2.75) is 12.8 Å². The Balaban J connectivity index is 0.000000121. The fraction of sp³-hybridized carbons (Fsp3) is 0.250. The van der Waals surface area contributed by atoms with Crippen LogP contribution in [0, 0.1) is 0 Å². The monoisotopic (exact) mass is 270 g/mol. The molecule has 4 nitrogen and oxygen atoms in total. The molecule has 0 radical (unpaired) electrons. The second-order valence-corrected chi connectivity index (χ2v) is 5.00. The average molecular weight is 270 g/mol. The first-order valence-corrected chi connectivity index (χ1v) is 6.84. The molecule has 2 aliphatic rings. The van der Waals surface area contributed by atoms with Crippen LogP contribution in [0.4, 0.5) is 11.4 Å². The van der Waals surface area contributed by atoms with E-state index in [1.807, 2.05) is 48.5 Å². The Labute approximate surface area is 118 Å². The third kappa shape index (κ3) is 2.48. The third-order valence-electron chi connectivity index (χ3n) is 3.73. The Kier molecular flexibility index (Phi) is 3.58. The summed E-state index contributed by atoms with van der Waals surface area (Å²) in [5, 5.41) is 21.0.